The van der Waals surface area contributed by atoms with E-state index in [9.17, 15) is 13.6 Å². The Balaban J connectivity index is 1.59. The van der Waals surface area contributed by atoms with E-state index in [4.69, 9.17) is 0 Å². The molecule has 0 aliphatic heterocycles. The quantitative estimate of drug-likeness (QED) is 0.729. The molecular formula is C19H15F2N3O. The van der Waals surface area contributed by atoms with E-state index < -0.39 is 5.82 Å². The zero-order valence-electron chi connectivity index (χ0n) is 13.2. The molecule has 25 heavy (non-hydrogen) atoms. The zero-order valence-corrected chi connectivity index (χ0v) is 13.2. The molecule has 0 radical (unpaired) electrons. The molecule has 6 heteroatoms. The molecule has 0 spiro atoms. The molecule has 0 saturated carbocycles. The van der Waals surface area contributed by atoms with Crippen molar-refractivity contribution in [2.45, 2.75) is 6.42 Å². The van der Waals surface area contributed by atoms with Gasteiger partial charge in [0.2, 0.25) is 5.91 Å². The number of carbonyl (C=O) groups is 1. The lowest BCUT2D eigenvalue weighted by Gasteiger charge is -2.08. The minimum Gasteiger partial charge on any atom is -0.354 e. The molecule has 0 aliphatic rings. The number of aromatic nitrogens is 1. The number of nitrogens with zero attached hydrogens (tertiary/aromatic N) is 1. The van der Waals surface area contributed by atoms with Crippen LogP contribution < -0.4 is 10.6 Å². The predicted molar refractivity (Wildman–Crippen MR) is 92.7 cm³/mol. The van der Waals surface area contributed by atoms with Gasteiger partial charge in [-0.1, -0.05) is 18.2 Å². The first-order valence-corrected chi connectivity index (χ1v) is 7.62. The van der Waals surface area contributed by atoms with Crippen LogP contribution in [-0.4, -0.2) is 10.9 Å². The molecule has 3 rings (SSSR count). The van der Waals surface area contributed by atoms with Crippen molar-refractivity contribution in [2.75, 3.05) is 10.6 Å². The van der Waals surface area contributed by atoms with Gasteiger partial charge < -0.3 is 10.6 Å². The first-order valence-electron chi connectivity index (χ1n) is 7.62. The van der Waals surface area contributed by atoms with Crippen LogP contribution in [0.15, 0.2) is 66.9 Å². The molecule has 1 heterocycles. The summed E-state index contributed by atoms with van der Waals surface area (Å²) in [5, 5.41) is 5.69. The number of rotatable bonds is 5. The lowest BCUT2D eigenvalue weighted by Crippen LogP contribution is -2.16. The number of hydrogen-bond donors (Lipinski definition) is 2. The molecule has 126 valence electrons. The van der Waals surface area contributed by atoms with Gasteiger partial charge in [0, 0.05) is 5.69 Å². The van der Waals surface area contributed by atoms with Crippen molar-refractivity contribution < 1.29 is 13.6 Å². The monoisotopic (exact) mass is 339 g/mol. The van der Waals surface area contributed by atoms with Gasteiger partial charge in [0.1, 0.15) is 17.5 Å². The number of amides is 1. The number of pyridine rings is 1. The first-order chi connectivity index (χ1) is 12.1. The van der Waals surface area contributed by atoms with Crippen molar-refractivity contribution >= 4 is 23.1 Å². The van der Waals surface area contributed by atoms with E-state index in [1.807, 2.05) is 0 Å². The van der Waals surface area contributed by atoms with Crippen molar-refractivity contribution in [2.24, 2.45) is 0 Å². The van der Waals surface area contributed by atoms with Gasteiger partial charge in [-0.25, -0.2) is 13.8 Å². The maximum absolute atomic E-state index is 13.5. The molecular weight excluding hydrogens is 324 g/mol. The number of hydrogen-bond acceptors (Lipinski definition) is 3. The van der Waals surface area contributed by atoms with Crippen molar-refractivity contribution in [1.82, 2.24) is 4.98 Å². The third-order valence-electron chi connectivity index (χ3n) is 3.47. The van der Waals surface area contributed by atoms with E-state index in [1.54, 1.807) is 48.7 Å². The molecule has 0 saturated heterocycles. The highest BCUT2D eigenvalue weighted by Gasteiger charge is 2.08. The second-order valence-electron chi connectivity index (χ2n) is 5.38. The second-order valence-corrected chi connectivity index (χ2v) is 5.38. The van der Waals surface area contributed by atoms with Crippen molar-refractivity contribution in [3.05, 3.63) is 84.1 Å². The molecule has 3 aromatic rings. The van der Waals surface area contributed by atoms with Crippen LogP contribution in [0.25, 0.3) is 0 Å². The van der Waals surface area contributed by atoms with Gasteiger partial charge in [0.25, 0.3) is 0 Å². The summed E-state index contributed by atoms with van der Waals surface area (Å²) in [6.45, 7) is 0. The summed E-state index contributed by atoms with van der Waals surface area (Å²) in [5.41, 5.74) is 1.74. The van der Waals surface area contributed by atoms with Gasteiger partial charge in [0.15, 0.2) is 0 Å². The zero-order chi connectivity index (χ0) is 17.6. The number of nitrogens with one attached hydrogen (secondary N) is 2. The van der Waals surface area contributed by atoms with Crippen LogP contribution in [0.5, 0.6) is 0 Å². The third kappa shape index (κ3) is 4.60. The Kier molecular flexibility index (Phi) is 4.99. The smallest absolute Gasteiger partial charge is 0.230 e. The van der Waals surface area contributed by atoms with Crippen molar-refractivity contribution in [3.8, 4) is 0 Å². The molecule has 1 amide bonds. The van der Waals surface area contributed by atoms with Gasteiger partial charge in [0.05, 0.1) is 18.3 Å². The molecule has 2 aromatic carbocycles. The number of carbonyl (C=O) groups excluding carboxylic acids is 1. The van der Waals surface area contributed by atoms with Crippen LogP contribution in [-0.2, 0) is 11.2 Å². The van der Waals surface area contributed by atoms with Crippen molar-refractivity contribution in [3.63, 3.8) is 0 Å². The van der Waals surface area contributed by atoms with E-state index >= 15 is 0 Å². The van der Waals surface area contributed by atoms with E-state index in [1.165, 1.54) is 18.2 Å². The lowest BCUT2D eigenvalue weighted by atomic mass is 10.1. The Bertz CT molecular complexity index is 865. The summed E-state index contributed by atoms with van der Waals surface area (Å²) in [6, 6.07) is 15.4. The Morgan fingerprint density at radius 2 is 1.64 bits per heavy atom. The molecule has 4 nitrogen and oxygen atoms in total. The van der Waals surface area contributed by atoms with E-state index in [0.717, 1.165) is 5.69 Å². The summed E-state index contributed by atoms with van der Waals surface area (Å²) in [6.07, 6.45) is 1.48. The molecule has 0 atom stereocenters. The highest BCUT2D eigenvalue weighted by atomic mass is 19.1. The van der Waals surface area contributed by atoms with Gasteiger partial charge >= 0.3 is 0 Å². The fraction of sp³-hybridized carbons (Fsp3) is 0.0526. The van der Waals surface area contributed by atoms with Crippen molar-refractivity contribution in [1.29, 1.82) is 0 Å². The second kappa shape index (κ2) is 7.53. The minimum absolute atomic E-state index is 0.0655. The van der Waals surface area contributed by atoms with Crippen LogP contribution in [0.1, 0.15) is 5.56 Å². The summed E-state index contributed by atoms with van der Waals surface area (Å²) >= 11 is 0. The van der Waals surface area contributed by atoms with E-state index in [2.05, 4.69) is 15.6 Å². The predicted octanol–water partition coefficient (Wildman–Crippen LogP) is 4.28. The van der Waals surface area contributed by atoms with Gasteiger partial charge in [-0.3, -0.25) is 4.79 Å². The molecule has 0 bridgehead atoms. The average molecular weight is 339 g/mol. The number of benzene rings is 2. The number of halogens is 2. The lowest BCUT2D eigenvalue weighted by molar-refractivity contribution is -0.115. The van der Waals surface area contributed by atoms with Crippen LogP contribution in [0.2, 0.25) is 0 Å². The molecule has 0 fully saturated rings. The summed E-state index contributed by atoms with van der Waals surface area (Å²) < 4.78 is 26.4. The fourth-order valence-electron chi connectivity index (χ4n) is 2.24. The van der Waals surface area contributed by atoms with Crippen LogP contribution in [0.4, 0.5) is 26.0 Å². The average Bonchev–Trinajstić information content (AvgIpc) is 2.61. The Labute approximate surface area is 143 Å². The summed E-state index contributed by atoms with van der Waals surface area (Å²) in [7, 11) is 0. The maximum atomic E-state index is 13.5. The molecule has 0 unspecified atom stereocenters. The molecule has 1 aromatic heterocycles. The Morgan fingerprint density at radius 1 is 0.920 bits per heavy atom. The van der Waals surface area contributed by atoms with Gasteiger partial charge in [-0.05, 0) is 48.0 Å². The first kappa shape index (κ1) is 16.6. The third-order valence-corrected chi connectivity index (χ3v) is 3.47. The largest absolute Gasteiger partial charge is 0.354 e. The Morgan fingerprint density at radius 3 is 2.32 bits per heavy atom. The highest BCUT2D eigenvalue weighted by molar-refractivity contribution is 5.91. The summed E-state index contributed by atoms with van der Waals surface area (Å²) in [4.78, 5) is 16.1. The standard InChI is InChI=1S/C19H15F2N3O/c20-14-5-7-15(8-6-14)23-16-9-10-18(22-12-16)24-19(25)11-13-3-1-2-4-17(13)21/h1-10,12,23H,11H2,(H,22,24,25). The van der Waals surface area contributed by atoms with E-state index in [0.29, 0.717) is 17.1 Å². The molecule has 0 aliphatic carbocycles. The Hall–Kier alpha value is -3.28. The highest BCUT2D eigenvalue weighted by Crippen LogP contribution is 2.17. The normalized spacial score (nSPS) is 10.3. The van der Waals surface area contributed by atoms with Gasteiger partial charge in [-0.2, -0.15) is 0 Å². The van der Waals surface area contributed by atoms with Crippen LogP contribution >= 0.6 is 0 Å². The maximum Gasteiger partial charge on any atom is 0.230 e. The van der Waals surface area contributed by atoms with Gasteiger partial charge in [-0.15, -0.1) is 0 Å². The number of anilines is 3. The summed E-state index contributed by atoms with van der Waals surface area (Å²) in [5.74, 6) is -0.705. The SMILES string of the molecule is O=C(Cc1ccccc1F)Nc1ccc(Nc2ccc(F)cc2)cn1. The molecule has 2 N–H and O–H groups in total. The fourth-order valence-corrected chi connectivity index (χ4v) is 2.24. The minimum atomic E-state index is -0.413. The van der Waals surface area contributed by atoms with Crippen LogP contribution in [0, 0.1) is 11.6 Å². The van der Waals surface area contributed by atoms with Crippen LogP contribution in [0.3, 0.4) is 0 Å². The van der Waals surface area contributed by atoms with E-state index in [-0.39, 0.29) is 18.1 Å². The topological polar surface area (TPSA) is 54.0 Å².